The van der Waals surface area contributed by atoms with Gasteiger partial charge in [0.25, 0.3) is 23.6 Å². The molecule has 10 nitrogen and oxygen atoms in total. The summed E-state index contributed by atoms with van der Waals surface area (Å²) >= 11 is 11.2. The van der Waals surface area contributed by atoms with Crippen LogP contribution in [-0.4, -0.2) is 42.2 Å². The van der Waals surface area contributed by atoms with Gasteiger partial charge in [-0.2, -0.15) is 0 Å². The molecule has 2 rings (SSSR count). The molecule has 14 heteroatoms. The lowest BCUT2D eigenvalue weighted by molar-refractivity contribution is -0.131. The SMILES string of the molecule is O=C1NC(=O)C(Br)(Br)C(=O)N1.O=C1NC(=O)C(Br)(Br)C(=O)N1. The third-order valence-electron chi connectivity index (χ3n) is 2.05. The van der Waals surface area contributed by atoms with Crippen LogP contribution >= 0.6 is 63.7 Å². The van der Waals surface area contributed by atoms with Crippen molar-refractivity contribution < 1.29 is 28.8 Å². The van der Waals surface area contributed by atoms with E-state index in [0.717, 1.165) is 0 Å². The summed E-state index contributed by atoms with van der Waals surface area (Å²) in [5.41, 5.74) is 0. The number of urea groups is 2. The van der Waals surface area contributed by atoms with Crippen molar-refractivity contribution in [3.05, 3.63) is 0 Å². The maximum Gasteiger partial charge on any atom is 0.328 e. The molecule has 0 bridgehead atoms. The molecule has 0 aromatic rings. The number of carbonyl (C=O) groups is 6. The van der Waals surface area contributed by atoms with E-state index in [9.17, 15) is 28.8 Å². The lowest BCUT2D eigenvalue weighted by Crippen LogP contribution is -2.61. The molecule has 2 aliphatic rings. The minimum Gasteiger partial charge on any atom is -0.275 e. The zero-order valence-electron chi connectivity index (χ0n) is 9.96. The van der Waals surface area contributed by atoms with E-state index in [1.165, 1.54) is 0 Å². The number of rotatable bonds is 0. The van der Waals surface area contributed by atoms with Gasteiger partial charge in [0.2, 0.25) is 6.47 Å². The number of carbonyl (C=O) groups excluding carboxylic acids is 6. The van der Waals surface area contributed by atoms with Crippen molar-refractivity contribution >= 4 is 99.4 Å². The molecule has 2 fully saturated rings. The van der Waals surface area contributed by atoms with Gasteiger partial charge in [-0.15, -0.1) is 0 Å². The van der Waals surface area contributed by atoms with E-state index in [1.807, 2.05) is 21.3 Å². The van der Waals surface area contributed by atoms with Crippen LogP contribution in [0.2, 0.25) is 0 Å². The Kier molecular flexibility index (Phi) is 5.86. The second-order valence-corrected chi connectivity index (χ2v) is 10.5. The summed E-state index contributed by atoms with van der Waals surface area (Å²) < 4.78 is -3.04. The summed E-state index contributed by atoms with van der Waals surface area (Å²) in [4.78, 5) is 64.3. The Labute approximate surface area is 155 Å². The van der Waals surface area contributed by atoms with Crippen LogP contribution in [-0.2, 0) is 19.2 Å². The van der Waals surface area contributed by atoms with Crippen LogP contribution in [0.25, 0.3) is 0 Å². The molecule has 2 aliphatic heterocycles. The van der Waals surface area contributed by atoms with Gasteiger partial charge in [-0.3, -0.25) is 40.4 Å². The van der Waals surface area contributed by atoms with Crippen molar-refractivity contribution in [3.63, 3.8) is 0 Å². The first-order chi connectivity index (χ1) is 9.88. The molecule has 22 heavy (non-hydrogen) atoms. The summed E-state index contributed by atoms with van der Waals surface area (Å²) in [5.74, 6) is -2.92. The van der Waals surface area contributed by atoms with Gasteiger partial charge in [-0.25, -0.2) is 9.59 Å². The van der Waals surface area contributed by atoms with Gasteiger partial charge in [0.05, 0.1) is 0 Å². The highest BCUT2D eigenvalue weighted by atomic mass is 79.9. The predicted octanol–water partition coefficient (Wildman–Crippen LogP) is -0.323. The van der Waals surface area contributed by atoms with Gasteiger partial charge < -0.3 is 0 Å². The van der Waals surface area contributed by atoms with Crippen molar-refractivity contribution in [1.29, 1.82) is 0 Å². The Morgan fingerprint density at radius 3 is 0.864 bits per heavy atom. The summed E-state index contributed by atoms with van der Waals surface area (Å²) in [6.07, 6.45) is 0. The van der Waals surface area contributed by atoms with Gasteiger partial charge in [-0.1, -0.05) is 63.7 Å². The summed E-state index contributed by atoms with van der Waals surface area (Å²) in [5, 5.41) is 7.59. The zero-order chi connectivity index (χ0) is 17.3. The summed E-state index contributed by atoms with van der Waals surface area (Å²) in [6, 6.07) is -1.62. The van der Waals surface area contributed by atoms with E-state index in [1.54, 1.807) is 0 Å². The fourth-order valence-electron chi connectivity index (χ4n) is 0.995. The van der Waals surface area contributed by atoms with Crippen LogP contribution in [0, 0.1) is 0 Å². The normalized spacial score (nSPS) is 22.5. The largest absolute Gasteiger partial charge is 0.328 e. The Morgan fingerprint density at radius 1 is 0.500 bits per heavy atom. The molecule has 0 radical (unpaired) electrons. The van der Waals surface area contributed by atoms with Crippen molar-refractivity contribution in [2.24, 2.45) is 0 Å². The number of nitrogens with one attached hydrogen (secondary N) is 4. The first kappa shape index (κ1) is 19.2. The van der Waals surface area contributed by atoms with E-state index in [4.69, 9.17) is 0 Å². The zero-order valence-corrected chi connectivity index (χ0v) is 16.3. The molecule has 4 N–H and O–H groups in total. The second kappa shape index (κ2) is 6.72. The third kappa shape index (κ3) is 4.11. The lowest BCUT2D eigenvalue weighted by Gasteiger charge is -2.22. The fraction of sp³-hybridized carbons (Fsp3) is 0.250. The topological polar surface area (TPSA) is 151 Å². The van der Waals surface area contributed by atoms with E-state index in [2.05, 4.69) is 63.7 Å². The quantitative estimate of drug-likeness (QED) is 0.231. The van der Waals surface area contributed by atoms with Crippen LogP contribution in [0.5, 0.6) is 0 Å². The number of hydrogen-bond acceptors (Lipinski definition) is 6. The number of amides is 8. The second-order valence-electron chi connectivity index (χ2n) is 3.62. The average Bonchev–Trinajstić information content (AvgIpc) is 2.35. The van der Waals surface area contributed by atoms with Gasteiger partial charge in [0.1, 0.15) is 0 Å². The number of imide groups is 4. The van der Waals surface area contributed by atoms with Crippen LogP contribution in [0.3, 0.4) is 0 Å². The third-order valence-corrected chi connectivity index (χ3v) is 4.93. The maximum absolute atomic E-state index is 10.9. The van der Waals surface area contributed by atoms with Crippen molar-refractivity contribution in [1.82, 2.24) is 21.3 Å². The molecule has 2 saturated heterocycles. The Hall–Kier alpha value is -0.860. The lowest BCUT2D eigenvalue weighted by atomic mass is 10.3. The first-order valence-corrected chi connectivity index (χ1v) is 8.15. The molecule has 0 aliphatic carbocycles. The molecule has 0 atom stereocenters. The summed E-state index contributed by atoms with van der Waals surface area (Å²) in [6.45, 7) is 0. The smallest absolute Gasteiger partial charge is 0.275 e. The summed E-state index contributed by atoms with van der Waals surface area (Å²) in [7, 11) is 0. The number of alkyl halides is 4. The van der Waals surface area contributed by atoms with Crippen LogP contribution in [0.1, 0.15) is 0 Å². The molecule has 2 heterocycles. The highest BCUT2D eigenvalue weighted by Crippen LogP contribution is 2.28. The first-order valence-electron chi connectivity index (χ1n) is 4.98. The number of halogens is 4. The van der Waals surface area contributed by atoms with Crippen molar-refractivity contribution in [2.45, 2.75) is 6.47 Å². The van der Waals surface area contributed by atoms with Gasteiger partial charge in [0, 0.05) is 0 Å². The van der Waals surface area contributed by atoms with Crippen molar-refractivity contribution in [3.8, 4) is 0 Å². The van der Waals surface area contributed by atoms with Gasteiger partial charge in [0.15, 0.2) is 0 Å². The Bertz CT molecular complexity index is 507. The minimum atomic E-state index is -1.52. The van der Waals surface area contributed by atoms with E-state index in [-0.39, 0.29) is 0 Å². The molecule has 8 amide bonds. The van der Waals surface area contributed by atoms with Crippen molar-refractivity contribution in [2.75, 3.05) is 0 Å². The Balaban J connectivity index is 0.000000220. The van der Waals surface area contributed by atoms with Crippen LogP contribution in [0.15, 0.2) is 0 Å². The van der Waals surface area contributed by atoms with E-state index >= 15 is 0 Å². The number of barbiturate groups is 2. The molecule has 0 saturated carbocycles. The van der Waals surface area contributed by atoms with Gasteiger partial charge in [-0.05, 0) is 0 Å². The molecule has 0 unspecified atom stereocenters. The standard InChI is InChI=1S/2C4H2Br2N2O3/c2*5-4(6)1(9)7-3(11)8-2(4)10/h2*(H2,7,8,9,10,11). The molecule has 120 valence electrons. The Morgan fingerprint density at radius 2 is 0.682 bits per heavy atom. The molecular weight excluding hydrogens is 568 g/mol. The highest BCUT2D eigenvalue weighted by molar-refractivity contribution is 9.26. The molecule has 0 aromatic carbocycles. The molecule has 0 spiro atoms. The van der Waals surface area contributed by atoms with Crippen LogP contribution in [0.4, 0.5) is 9.59 Å². The average molecular weight is 572 g/mol. The van der Waals surface area contributed by atoms with E-state index < -0.39 is 42.2 Å². The highest BCUT2D eigenvalue weighted by Gasteiger charge is 2.46. The van der Waals surface area contributed by atoms with Crippen LogP contribution < -0.4 is 21.3 Å². The fourth-order valence-corrected chi connectivity index (χ4v) is 1.79. The maximum atomic E-state index is 10.9. The monoisotopic (exact) mass is 568 g/mol. The predicted molar refractivity (Wildman–Crippen MR) is 84.5 cm³/mol. The van der Waals surface area contributed by atoms with Gasteiger partial charge >= 0.3 is 12.1 Å². The molecule has 0 aromatic heterocycles. The number of hydrogen-bond donors (Lipinski definition) is 4. The minimum absolute atomic E-state index is 0.730. The van der Waals surface area contributed by atoms with E-state index in [0.29, 0.717) is 0 Å². The molecular formula is C8H4Br4N4O6.